The van der Waals surface area contributed by atoms with Crippen LogP contribution >= 0.6 is 0 Å². The van der Waals surface area contributed by atoms with Gasteiger partial charge in [-0.15, -0.1) is 0 Å². The zero-order chi connectivity index (χ0) is 17.2. The summed E-state index contributed by atoms with van der Waals surface area (Å²) >= 11 is 0. The van der Waals surface area contributed by atoms with Gasteiger partial charge >= 0.3 is 0 Å². The second-order valence-electron chi connectivity index (χ2n) is 6.67. The first-order valence-electron chi connectivity index (χ1n) is 8.59. The molecule has 0 unspecified atom stereocenters. The van der Waals surface area contributed by atoms with E-state index in [-0.39, 0.29) is 18.1 Å². The van der Waals surface area contributed by atoms with E-state index in [9.17, 15) is 4.79 Å². The van der Waals surface area contributed by atoms with E-state index in [0.29, 0.717) is 23.1 Å². The molecular formula is C18H21N5O2. The number of fused-ring (bicyclic) bond motifs is 1. The molecule has 0 aromatic carbocycles. The van der Waals surface area contributed by atoms with Crippen LogP contribution in [0.25, 0.3) is 11.5 Å². The summed E-state index contributed by atoms with van der Waals surface area (Å²) in [5, 5.41) is 3.09. The van der Waals surface area contributed by atoms with Gasteiger partial charge < -0.3 is 10.1 Å². The molecule has 130 valence electrons. The van der Waals surface area contributed by atoms with Crippen molar-refractivity contribution in [3.05, 3.63) is 42.4 Å². The lowest BCUT2D eigenvalue weighted by molar-refractivity contribution is -0.0390. The van der Waals surface area contributed by atoms with Gasteiger partial charge in [-0.05, 0) is 25.5 Å². The predicted molar refractivity (Wildman–Crippen MR) is 91.9 cm³/mol. The van der Waals surface area contributed by atoms with Crippen LogP contribution in [0.1, 0.15) is 23.7 Å². The Kier molecular flexibility index (Phi) is 4.42. The quantitative estimate of drug-likeness (QED) is 0.903. The minimum Gasteiger partial charge on any atom is -0.376 e. The number of hydrogen-bond acceptors (Lipinski definition) is 6. The Balaban J connectivity index is 1.38. The van der Waals surface area contributed by atoms with Crippen molar-refractivity contribution in [3.8, 4) is 11.5 Å². The molecule has 0 spiro atoms. The van der Waals surface area contributed by atoms with Crippen molar-refractivity contribution in [3.63, 3.8) is 0 Å². The number of nitrogens with zero attached hydrogens (tertiary/aromatic N) is 4. The molecule has 1 amide bonds. The minimum atomic E-state index is -0.133. The topological polar surface area (TPSA) is 80.2 Å². The van der Waals surface area contributed by atoms with Crippen molar-refractivity contribution in [1.82, 2.24) is 25.2 Å². The zero-order valence-electron chi connectivity index (χ0n) is 14.1. The summed E-state index contributed by atoms with van der Waals surface area (Å²) in [5.74, 6) is 0.382. The molecule has 0 radical (unpaired) electrons. The Morgan fingerprint density at radius 2 is 2.08 bits per heavy atom. The SMILES string of the molecule is C[C@H]1CN2C[C@@H](NC(=O)c3cnc(-c4ccccn4)nc3)C[C@H]2CO1. The first-order valence-corrected chi connectivity index (χ1v) is 8.59. The lowest BCUT2D eigenvalue weighted by Crippen LogP contribution is -2.45. The molecule has 25 heavy (non-hydrogen) atoms. The first kappa shape index (κ1) is 16.1. The summed E-state index contributed by atoms with van der Waals surface area (Å²) in [4.78, 5) is 27.6. The van der Waals surface area contributed by atoms with Gasteiger partial charge in [0.05, 0.1) is 18.3 Å². The van der Waals surface area contributed by atoms with E-state index < -0.39 is 0 Å². The van der Waals surface area contributed by atoms with Crippen LogP contribution in [-0.2, 0) is 4.74 Å². The maximum atomic E-state index is 12.5. The molecule has 7 heteroatoms. The van der Waals surface area contributed by atoms with Gasteiger partial charge in [-0.25, -0.2) is 9.97 Å². The third-order valence-corrected chi connectivity index (χ3v) is 4.74. The van der Waals surface area contributed by atoms with E-state index >= 15 is 0 Å². The second kappa shape index (κ2) is 6.85. The maximum absolute atomic E-state index is 12.5. The van der Waals surface area contributed by atoms with Crippen LogP contribution < -0.4 is 5.32 Å². The summed E-state index contributed by atoms with van der Waals surface area (Å²) < 4.78 is 5.70. The maximum Gasteiger partial charge on any atom is 0.254 e. The fraction of sp³-hybridized carbons (Fsp3) is 0.444. The van der Waals surface area contributed by atoms with Gasteiger partial charge in [-0.1, -0.05) is 6.07 Å². The molecule has 7 nitrogen and oxygen atoms in total. The van der Waals surface area contributed by atoms with Gasteiger partial charge in [0.2, 0.25) is 0 Å². The summed E-state index contributed by atoms with van der Waals surface area (Å²) in [6.07, 6.45) is 5.99. The van der Waals surface area contributed by atoms with Crippen LogP contribution in [0, 0.1) is 0 Å². The molecule has 0 aliphatic carbocycles. The van der Waals surface area contributed by atoms with Crippen LogP contribution in [0.5, 0.6) is 0 Å². The van der Waals surface area contributed by atoms with Crippen molar-refractivity contribution >= 4 is 5.91 Å². The summed E-state index contributed by atoms with van der Waals surface area (Å²) in [6, 6.07) is 6.11. The fourth-order valence-corrected chi connectivity index (χ4v) is 3.49. The number of rotatable bonds is 3. The van der Waals surface area contributed by atoms with E-state index in [4.69, 9.17) is 4.74 Å². The average Bonchev–Trinajstić information content (AvgIpc) is 3.04. The van der Waals surface area contributed by atoms with Crippen LogP contribution in [0.15, 0.2) is 36.8 Å². The number of amides is 1. The Bertz CT molecular complexity index is 737. The highest BCUT2D eigenvalue weighted by Crippen LogP contribution is 2.23. The van der Waals surface area contributed by atoms with Crippen LogP contribution in [0.3, 0.4) is 0 Å². The molecule has 4 heterocycles. The first-order chi connectivity index (χ1) is 12.2. The molecule has 2 fully saturated rings. The molecule has 2 aliphatic rings. The third kappa shape index (κ3) is 3.52. The lowest BCUT2D eigenvalue weighted by Gasteiger charge is -2.33. The molecule has 0 saturated carbocycles. The van der Waals surface area contributed by atoms with Gasteiger partial charge in [0.25, 0.3) is 5.91 Å². The van der Waals surface area contributed by atoms with E-state index in [1.165, 1.54) is 0 Å². The highest BCUT2D eigenvalue weighted by molar-refractivity contribution is 5.93. The zero-order valence-corrected chi connectivity index (χ0v) is 14.1. The van der Waals surface area contributed by atoms with Gasteiger partial charge in [-0.3, -0.25) is 14.7 Å². The standard InChI is InChI=1S/C18H21N5O2/c1-12-9-23-10-14(6-15(23)11-25-12)22-18(24)13-7-20-17(21-8-13)16-4-2-3-5-19-16/h2-5,7-8,12,14-15H,6,9-11H2,1H3,(H,22,24)/t12-,14-,15-/m0/s1. The molecular weight excluding hydrogens is 318 g/mol. The van der Waals surface area contributed by atoms with Crippen LogP contribution in [0.4, 0.5) is 0 Å². The highest BCUT2D eigenvalue weighted by Gasteiger charge is 2.36. The number of aromatic nitrogens is 3. The second-order valence-corrected chi connectivity index (χ2v) is 6.67. The summed E-state index contributed by atoms with van der Waals surface area (Å²) in [6.45, 7) is 4.63. The number of pyridine rings is 1. The molecule has 3 atom stereocenters. The van der Waals surface area contributed by atoms with Crippen molar-refractivity contribution in [2.24, 2.45) is 0 Å². The minimum absolute atomic E-state index is 0.133. The average molecular weight is 339 g/mol. The molecule has 2 saturated heterocycles. The van der Waals surface area contributed by atoms with Gasteiger partial charge in [0.1, 0.15) is 5.69 Å². The van der Waals surface area contributed by atoms with Crippen molar-refractivity contribution in [1.29, 1.82) is 0 Å². The van der Waals surface area contributed by atoms with E-state index in [1.54, 1.807) is 18.6 Å². The monoisotopic (exact) mass is 339 g/mol. The van der Waals surface area contributed by atoms with Crippen LogP contribution in [0.2, 0.25) is 0 Å². The number of hydrogen-bond donors (Lipinski definition) is 1. The van der Waals surface area contributed by atoms with Crippen LogP contribution in [-0.4, -0.2) is 63.6 Å². The molecule has 4 rings (SSSR count). The predicted octanol–water partition coefficient (Wildman–Crippen LogP) is 1.13. The molecule has 0 bridgehead atoms. The Hall–Kier alpha value is -2.38. The summed E-state index contributed by atoms with van der Waals surface area (Å²) in [7, 11) is 0. The largest absolute Gasteiger partial charge is 0.376 e. The van der Waals surface area contributed by atoms with Crippen molar-refractivity contribution < 1.29 is 9.53 Å². The van der Waals surface area contributed by atoms with Crippen molar-refractivity contribution in [2.45, 2.75) is 31.5 Å². The number of morpholine rings is 1. The third-order valence-electron chi connectivity index (χ3n) is 4.74. The molecule has 2 aromatic heterocycles. The molecule has 2 aromatic rings. The Morgan fingerprint density at radius 3 is 2.84 bits per heavy atom. The van der Waals surface area contributed by atoms with Gasteiger partial charge in [0.15, 0.2) is 5.82 Å². The van der Waals surface area contributed by atoms with E-state index in [2.05, 4.69) is 32.1 Å². The lowest BCUT2D eigenvalue weighted by atomic mass is 10.1. The normalized spacial score (nSPS) is 26.2. The van der Waals surface area contributed by atoms with E-state index in [0.717, 1.165) is 26.1 Å². The van der Waals surface area contributed by atoms with Crippen molar-refractivity contribution in [2.75, 3.05) is 19.7 Å². The van der Waals surface area contributed by atoms with Gasteiger partial charge in [-0.2, -0.15) is 0 Å². The summed E-state index contributed by atoms with van der Waals surface area (Å²) in [5.41, 5.74) is 1.16. The smallest absolute Gasteiger partial charge is 0.254 e. The number of nitrogens with one attached hydrogen (secondary N) is 1. The Morgan fingerprint density at radius 1 is 1.24 bits per heavy atom. The highest BCUT2D eigenvalue weighted by atomic mass is 16.5. The fourth-order valence-electron chi connectivity index (χ4n) is 3.49. The molecule has 2 aliphatic heterocycles. The van der Waals surface area contributed by atoms with E-state index in [1.807, 2.05) is 18.2 Å². The Labute approximate surface area is 146 Å². The number of carbonyl (C=O) groups is 1. The van der Waals surface area contributed by atoms with Gasteiger partial charge in [0, 0.05) is 43.8 Å². The molecule has 1 N–H and O–H groups in total. The number of carbonyl (C=O) groups excluding carboxylic acids is 1. The number of ether oxygens (including phenoxy) is 1.